The van der Waals surface area contributed by atoms with Gasteiger partial charge in [0.25, 0.3) is 0 Å². The molecule has 0 spiro atoms. The quantitative estimate of drug-likeness (QED) is 0.258. The van der Waals surface area contributed by atoms with Crippen molar-refractivity contribution < 1.29 is 18.7 Å². The third kappa shape index (κ3) is 7.34. The van der Waals surface area contributed by atoms with Crippen molar-refractivity contribution >= 4 is 35.9 Å². The molecule has 0 amide bonds. The van der Waals surface area contributed by atoms with E-state index in [4.69, 9.17) is 9.47 Å². The predicted octanol–water partition coefficient (Wildman–Crippen LogP) is 3.98. The second-order valence-corrected chi connectivity index (χ2v) is 6.97. The Hall–Kier alpha value is -2.43. The average molecular weight is 542 g/mol. The summed E-state index contributed by atoms with van der Waals surface area (Å²) in [6.07, 6.45) is 3.25. The van der Waals surface area contributed by atoms with Crippen LogP contribution in [0.25, 0.3) is 0 Å². The minimum atomic E-state index is -0.310. The summed E-state index contributed by atoms with van der Waals surface area (Å²) in [5.41, 5.74) is 0.976. The number of benzene rings is 1. The van der Waals surface area contributed by atoms with E-state index in [0.717, 1.165) is 37.5 Å². The van der Waals surface area contributed by atoms with E-state index in [9.17, 15) is 9.18 Å². The first-order chi connectivity index (χ1) is 14.6. The highest BCUT2D eigenvalue weighted by Gasteiger charge is 2.27. The van der Waals surface area contributed by atoms with Crippen LogP contribution in [-0.2, 0) is 16.1 Å². The van der Waals surface area contributed by atoms with Crippen molar-refractivity contribution in [1.29, 1.82) is 0 Å². The molecule has 168 valence electrons. The van der Waals surface area contributed by atoms with Crippen LogP contribution in [0.3, 0.4) is 0 Å². The fourth-order valence-electron chi connectivity index (χ4n) is 3.30. The first-order valence-electron chi connectivity index (χ1n) is 10.1. The molecule has 1 saturated heterocycles. The van der Waals surface area contributed by atoms with Crippen LogP contribution in [0.5, 0.6) is 11.6 Å². The summed E-state index contributed by atoms with van der Waals surface area (Å²) in [4.78, 5) is 22.7. The van der Waals surface area contributed by atoms with Crippen LogP contribution in [0.1, 0.15) is 25.3 Å². The van der Waals surface area contributed by atoms with Gasteiger partial charge >= 0.3 is 5.97 Å². The molecule has 2 heterocycles. The van der Waals surface area contributed by atoms with Crippen LogP contribution >= 0.6 is 24.0 Å². The number of carbonyl (C=O) groups is 1. The molecule has 0 radical (unpaired) electrons. The fraction of sp³-hybridized carbons (Fsp3) is 0.409. The zero-order valence-corrected chi connectivity index (χ0v) is 20.0. The van der Waals surface area contributed by atoms with Gasteiger partial charge in [-0.15, -0.1) is 24.0 Å². The number of aliphatic imine (C=N–C) groups is 1. The molecule has 7 nitrogen and oxygen atoms in total. The molecule has 1 aliphatic heterocycles. The van der Waals surface area contributed by atoms with Crippen LogP contribution in [0, 0.1) is 11.7 Å². The van der Waals surface area contributed by atoms with Crippen LogP contribution in [-0.4, -0.2) is 48.6 Å². The van der Waals surface area contributed by atoms with Gasteiger partial charge in [0.15, 0.2) is 5.96 Å². The molecule has 1 aliphatic rings. The number of nitrogens with one attached hydrogen (secondary N) is 1. The summed E-state index contributed by atoms with van der Waals surface area (Å²) < 4.78 is 23.7. The molecule has 1 aromatic heterocycles. The highest BCUT2D eigenvalue weighted by atomic mass is 127. The van der Waals surface area contributed by atoms with Crippen molar-refractivity contribution in [2.24, 2.45) is 10.9 Å². The predicted molar refractivity (Wildman–Crippen MR) is 127 cm³/mol. The number of rotatable bonds is 6. The molecular formula is C22H28FIN4O3. The highest BCUT2D eigenvalue weighted by Crippen LogP contribution is 2.20. The molecule has 1 N–H and O–H groups in total. The summed E-state index contributed by atoms with van der Waals surface area (Å²) in [6, 6.07) is 9.49. The summed E-state index contributed by atoms with van der Waals surface area (Å²) in [7, 11) is 1.75. The highest BCUT2D eigenvalue weighted by molar-refractivity contribution is 14.0. The maximum Gasteiger partial charge on any atom is 0.309 e. The first kappa shape index (κ1) is 24.8. The molecule has 0 unspecified atom stereocenters. The Morgan fingerprint density at radius 1 is 1.23 bits per heavy atom. The van der Waals surface area contributed by atoms with Gasteiger partial charge in [-0.3, -0.25) is 9.79 Å². The van der Waals surface area contributed by atoms with E-state index >= 15 is 0 Å². The number of hydrogen-bond donors (Lipinski definition) is 1. The molecule has 1 fully saturated rings. The van der Waals surface area contributed by atoms with Crippen LogP contribution in [0.4, 0.5) is 4.39 Å². The number of guanidine groups is 1. The Morgan fingerprint density at radius 2 is 1.94 bits per heavy atom. The molecule has 0 saturated carbocycles. The number of pyridine rings is 1. The van der Waals surface area contributed by atoms with Crippen molar-refractivity contribution in [1.82, 2.24) is 15.2 Å². The van der Waals surface area contributed by atoms with Gasteiger partial charge in [-0.2, -0.15) is 0 Å². The molecule has 0 aliphatic carbocycles. The molecule has 31 heavy (non-hydrogen) atoms. The zero-order valence-electron chi connectivity index (χ0n) is 17.7. The Morgan fingerprint density at radius 3 is 2.52 bits per heavy atom. The lowest BCUT2D eigenvalue weighted by Crippen LogP contribution is -2.46. The molecule has 0 atom stereocenters. The normalized spacial score (nSPS) is 14.5. The number of halogens is 2. The standard InChI is InChI=1S/C22H27FN4O3.HI/c1-3-29-21(28)17-10-12-27(13-11-17)22(24-2)26-15-16-4-9-20(25-14-16)30-19-7-5-18(23)6-8-19;/h4-9,14,17H,3,10-13,15H2,1-2H3,(H,24,26);1H. The number of esters is 1. The summed E-state index contributed by atoms with van der Waals surface area (Å²) >= 11 is 0. The minimum absolute atomic E-state index is 0. The number of nitrogens with zero attached hydrogens (tertiary/aromatic N) is 3. The van der Waals surface area contributed by atoms with Crippen LogP contribution < -0.4 is 10.1 Å². The third-order valence-corrected chi connectivity index (χ3v) is 4.91. The molecule has 0 bridgehead atoms. The molecule has 3 rings (SSSR count). The van der Waals surface area contributed by atoms with E-state index in [2.05, 4.69) is 20.2 Å². The number of hydrogen-bond acceptors (Lipinski definition) is 5. The van der Waals surface area contributed by atoms with Gasteiger partial charge in [0.2, 0.25) is 5.88 Å². The topological polar surface area (TPSA) is 76.0 Å². The van der Waals surface area contributed by atoms with Crippen LogP contribution in [0.15, 0.2) is 47.6 Å². The maximum absolute atomic E-state index is 13.0. The molecule has 1 aromatic carbocycles. The minimum Gasteiger partial charge on any atom is -0.466 e. The Bertz CT molecular complexity index is 854. The number of likely N-dealkylation sites (tertiary alicyclic amines) is 1. The first-order valence-corrected chi connectivity index (χ1v) is 10.1. The van der Waals surface area contributed by atoms with E-state index in [1.54, 1.807) is 31.4 Å². The lowest BCUT2D eigenvalue weighted by atomic mass is 9.97. The average Bonchev–Trinajstić information content (AvgIpc) is 2.77. The maximum atomic E-state index is 13.0. The molecular weight excluding hydrogens is 514 g/mol. The van der Waals surface area contributed by atoms with E-state index in [1.165, 1.54) is 12.1 Å². The Balaban J connectivity index is 0.00000341. The van der Waals surface area contributed by atoms with Gasteiger partial charge in [-0.25, -0.2) is 9.37 Å². The SMILES string of the molecule is CCOC(=O)C1CCN(C(=NC)NCc2ccc(Oc3ccc(F)cc3)nc2)CC1.I. The van der Waals surface area contributed by atoms with Gasteiger partial charge in [0.1, 0.15) is 11.6 Å². The van der Waals surface area contributed by atoms with Gasteiger partial charge < -0.3 is 19.7 Å². The van der Waals surface area contributed by atoms with Crippen molar-refractivity contribution in [2.45, 2.75) is 26.3 Å². The van der Waals surface area contributed by atoms with Gasteiger partial charge in [-0.05, 0) is 49.6 Å². The lowest BCUT2D eigenvalue weighted by Gasteiger charge is -2.33. The number of carbonyl (C=O) groups excluding carboxylic acids is 1. The fourth-order valence-corrected chi connectivity index (χ4v) is 3.30. The van der Waals surface area contributed by atoms with Gasteiger partial charge in [0.05, 0.1) is 12.5 Å². The number of ether oxygens (including phenoxy) is 2. The summed E-state index contributed by atoms with van der Waals surface area (Å²) in [5, 5.41) is 3.34. The van der Waals surface area contributed by atoms with E-state index in [-0.39, 0.29) is 41.7 Å². The van der Waals surface area contributed by atoms with E-state index in [1.807, 2.05) is 13.0 Å². The van der Waals surface area contributed by atoms with E-state index < -0.39 is 0 Å². The Labute approximate surface area is 199 Å². The zero-order chi connectivity index (χ0) is 21.3. The summed E-state index contributed by atoms with van der Waals surface area (Å²) in [6.45, 7) is 4.32. The third-order valence-electron chi connectivity index (χ3n) is 4.91. The smallest absolute Gasteiger partial charge is 0.309 e. The Kier molecular flexibility index (Phi) is 9.96. The monoisotopic (exact) mass is 542 g/mol. The van der Waals surface area contributed by atoms with Crippen molar-refractivity contribution in [3.8, 4) is 11.6 Å². The van der Waals surface area contributed by atoms with Crippen molar-refractivity contribution in [3.63, 3.8) is 0 Å². The number of aromatic nitrogens is 1. The second kappa shape index (κ2) is 12.4. The molecule has 2 aromatic rings. The lowest BCUT2D eigenvalue weighted by molar-refractivity contribution is -0.149. The van der Waals surface area contributed by atoms with Crippen molar-refractivity contribution in [2.75, 3.05) is 26.7 Å². The van der Waals surface area contributed by atoms with Gasteiger partial charge in [0, 0.05) is 38.9 Å². The molecule has 9 heteroatoms. The van der Waals surface area contributed by atoms with Crippen LogP contribution in [0.2, 0.25) is 0 Å². The van der Waals surface area contributed by atoms with E-state index in [0.29, 0.717) is 24.8 Å². The second-order valence-electron chi connectivity index (χ2n) is 6.97. The summed E-state index contributed by atoms with van der Waals surface area (Å²) in [5.74, 6) is 1.32. The van der Waals surface area contributed by atoms with Gasteiger partial charge in [-0.1, -0.05) is 6.07 Å². The van der Waals surface area contributed by atoms with Crippen molar-refractivity contribution in [3.05, 3.63) is 54.0 Å². The largest absolute Gasteiger partial charge is 0.466 e. The number of piperidine rings is 1.